The number of halogens is 3. The second kappa shape index (κ2) is 23.4. The first-order valence-corrected chi connectivity index (χ1v) is 20.6. The first kappa shape index (κ1) is 48.7. The van der Waals surface area contributed by atoms with E-state index in [2.05, 4.69) is 41.7 Å². The van der Waals surface area contributed by atoms with Crippen LogP contribution in [0, 0.1) is 0 Å². The van der Waals surface area contributed by atoms with Gasteiger partial charge in [0.05, 0.1) is 82.9 Å². The van der Waals surface area contributed by atoms with Crippen LogP contribution in [0.4, 0.5) is 30.4 Å². The summed E-state index contributed by atoms with van der Waals surface area (Å²) in [7, 11) is 1.57. The third-order valence-electron chi connectivity index (χ3n) is 9.56. The van der Waals surface area contributed by atoms with Crippen LogP contribution in [0.5, 0.6) is 0 Å². The lowest BCUT2D eigenvalue weighted by Crippen LogP contribution is -2.54. The smallest absolute Gasteiger partial charge is 0.405 e. The van der Waals surface area contributed by atoms with Gasteiger partial charge in [-0.15, -0.1) is 0 Å². The molecule has 25 heteroatoms. The number of alkyl halides is 3. The molecule has 354 valence electrons. The number of amides is 6. The highest BCUT2D eigenvalue weighted by atomic mass is 19.4. The molecule has 6 rings (SSSR count). The number of fused-ring (bicyclic) bond motifs is 1. The molecule has 2 aliphatic heterocycles. The highest BCUT2D eigenvalue weighted by Gasteiger charge is 2.45. The average Bonchev–Trinajstić information content (AvgIpc) is 4.00. The van der Waals surface area contributed by atoms with Crippen molar-refractivity contribution in [2.24, 2.45) is 7.05 Å². The number of pyridine rings is 1. The van der Waals surface area contributed by atoms with Gasteiger partial charge in [-0.3, -0.25) is 43.7 Å². The number of aryl methyl sites for hydroxylation is 1. The molecule has 0 spiro atoms. The molecular formula is C41H47F3N10O12. The number of imide groups is 2. The molecule has 5 heterocycles. The van der Waals surface area contributed by atoms with Crippen molar-refractivity contribution in [2.45, 2.75) is 25.1 Å². The van der Waals surface area contributed by atoms with Gasteiger partial charge in [0, 0.05) is 50.2 Å². The molecule has 1 aromatic carbocycles. The number of carbonyl (C=O) groups excluding carboxylic acids is 6. The predicted octanol–water partition coefficient (Wildman–Crippen LogP) is 2.02. The number of anilines is 3. The Morgan fingerprint density at radius 3 is 2.18 bits per heavy atom. The third-order valence-corrected chi connectivity index (χ3v) is 9.56. The summed E-state index contributed by atoms with van der Waals surface area (Å²) in [5.74, 6) is -3.66. The minimum atomic E-state index is -4.44. The normalized spacial score (nSPS) is 14.9. The Hall–Kier alpha value is -6.80. The van der Waals surface area contributed by atoms with Gasteiger partial charge in [-0.05, 0) is 30.7 Å². The van der Waals surface area contributed by atoms with Crippen LogP contribution >= 0.6 is 0 Å². The lowest BCUT2D eigenvalue weighted by Gasteiger charge is -2.27. The maximum absolute atomic E-state index is 13.2. The molecule has 5 N–H and O–H groups in total. The number of hydrogen-bond donors (Lipinski definition) is 5. The van der Waals surface area contributed by atoms with Gasteiger partial charge < -0.3 is 49.4 Å². The van der Waals surface area contributed by atoms with Crippen molar-refractivity contribution in [1.29, 1.82) is 0 Å². The summed E-state index contributed by atoms with van der Waals surface area (Å²) in [5.41, 5.74) is 0.973. The zero-order chi connectivity index (χ0) is 47.1. The van der Waals surface area contributed by atoms with Crippen LogP contribution in [-0.2, 0) is 40.3 Å². The molecule has 4 aromatic rings. The number of piperidine rings is 1. The van der Waals surface area contributed by atoms with Crippen LogP contribution in [0.15, 0.2) is 53.4 Å². The minimum absolute atomic E-state index is 0.0350. The molecule has 0 radical (unpaired) electrons. The number of oxazole rings is 1. The lowest BCUT2D eigenvalue weighted by atomic mass is 10.0. The molecule has 2 aliphatic rings. The Morgan fingerprint density at radius 1 is 0.848 bits per heavy atom. The number of nitrogens with one attached hydrogen (secondary N) is 5. The molecule has 3 aromatic heterocycles. The Balaban J connectivity index is 0.755. The SMILES string of the molecule is Cn1cc(NC(=O)c2coc(-c3ccnc(NCC(F)(F)F)c3)n2)c(C(=O)NCCOCCOCCOCCOCCOCCNc2cccc3c2C(=O)N(C2CCC(=O)NC2=O)C3=O)n1. The first-order chi connectivity index (χ1) is 31.8. The molecule has 0 aliphatic carbocycles. The molecule has 22 nitrogen and oxygen atoms in total. The van der Waals surface area contributed by atoms with Crippen molar-refractivity contribution in [3.8, 4) is 11.5 Å². The van der Waals surface area contributed by atoms with Crippen LogP contribution in [0.25, 0.3) is 11.5 Å². The van der Waals surface area contributed by atoms with Crippen LogP contribution in [-0.4, -0.2) is 158 Å². The maximum atomic E-state index is 13.2. The van der Waals surface area contributed by atoms with Gasteiger partial charge in [0.1, 0.15) is 24.7 Å². The summed E-state index contributed by atoms with van der Waals surface area (Å²) >= 11 is 0. The topological polar surface area (TPSA) is 269 Å². The standard InChI is InChI=1S/C41H47F3N10O12/c1-53-22-28(49-35(56)29-23-66-38(50-29)25-7-8-46-31(21-25)48-24-41(42,43)44)34(52-53)37(58)47-10-12-62-14-16-64-18-20-65-19-17-63-15-13-61-11-9-45-27-4-2-3-26-33(27)40(60)54(39(26)59)30-5-6-32(55)51-36(30)57/h2-4,7-8,21-23,30,45H,5-6,9-20,24H2,1H3,(H,46,48)(H,47,58)(H,49,56)(H,51,55,57). The second-order valence-corrected chi connectivity index (χ2v) is 14.4. The van der Waals surface area contributed by atoms with E-state index in [-0.39, 0.29) is 78.1 Å². The number of carbonyl (C=O) groups is 6. The van der Waals surface area contributed by atoms with Gasteiger partial charge in [-0.1, -0.05) is 6.07 Å². The third kappa shape index (κ3) is 13.6. The van der Waals surface area contributed by atoms with E-state index in [4.69, 9.17) is 28.1 Å². The molecule has 1 fully saturated rings. The number of hydrogen-bond acceptors (Lipinski definition) is 17. The Labute approximate surface area is 374 Å². The van der Waals surface area contributed by atoms with Crippen LogP contribution < -0.4 is 26.6 Å². The average molecular weight is 929 g/mol. The summed E-state index contributed by atoms with van der Waals surface area (Å²) in [6.07, 6.45) is -0.567. The van der Waals surface area contributed by atoms with Crippen LogP contribution in [0.1, 0.15) is 54.5 Å². The molecule has 1 atom stereocenters. The van der Waals surface area contributed by atoms with Crippen molar-refractivity contribution in [2.75, 3.05) is 102 Å². The highest BCUT2D eigenvalue weighted by molar-refractivity contribution is 6.25. The second-order valence-electron chi connectivity index (χ2n) is 14.4. The Bertz CT molecular complexity index is 2360. The van der Waals surface area contributed by atoms with E-state index in [0.29, 0.717) is 65.1 Å². The van der Waals surface area contributed by atoms with Crippen molar-refractivity contribution in [3.05, 3.63) is 71.5 Å². The van der Waals surface area contributed by atoms with E-state index in [9.17, 15) is 41.9 Å². The number of benzene rings is 1. The van der Waals surface area contributed by atoms with E-state index in [1.807, 2.05) is 0 Å². The molecule has 1 unspecified atom stereocenters. The molecule has 6 amide bonds. The minimum Gasteiger partial charge on any atom is -0.444 e. The molecule has 0 bridgehead atoms. The van der Waals surface area contributed by atoms with Gasteiger partial charge in [0.25, 0.3) is 23.6 Å². The lowest BCUT2D eigenvalue weighted by molar-refractivity contribution is -0.136. The van der Waals surface area contributed by atoms with Gasteiger partial charge in [-0.2, -0.15) is 18.3 Å². The summed E-state index contributed by atoms with van der Waals surface area (Å²) in [4.78, 5) is 84.7. The zero-order valence-electron chi connectivity index (χ0n) is 35.6. The van der Waals surface area contributed by atoms with Gasteiger partial charge in [0.2, 0.25) is 17.7 Å². The first-order valence-electron chi connectivity index (χ1n) is 20.6. The molecule has 1 saturated heterocycles. The summed E-state index contributed by atoms with van der Waals surface area (Å²) in [5, 5.41) is 16.8. The fraction of sp³-hybridized carbons (Fsp3) is 0.439. The van der Waals surface area contributed by atoms with Crippen molar-refractivity contribution >= 4 is 52.6 Å². The van der Waals surface area contributed by atoms with Gasteiger partial charge >= 0.3 is 6.18 Å². The number of ether oxygens (including phenoxy) is 5. The molecule has 66 heavy (non-hydrogen) atoms. The Morgan fingerprint density at radius 2 is 1.52 bits per heavy atom. The quantitative estimate of drug-likeness (QED) is 0.0445. The molecular weight excluding hydrogens is 882 g/mol. The van der Waals surface area contributed by atoms with E-state index < -0.39 is 54.2 Å². The van der Waals surface area contributed by atoms with E-state index in [1.54, 1.807) is 19.2 Å². The summed E-state index contributed by atoms with van der Waals surface area (Å²) in [6, 6.07) is 6.54. The van der Waals surface area contributed by atoms with E-state index in [0.717, 1.165) is 11.2 Å². The highest BCUT2D eigenvalue weighted by Crippen LogP contribution is 2.32. The fourth-order valence-electron chi connectivity index (χ4n) is 6.52. The zero-order valence-corrected chi connectivity index (χ0v) is 35.6. The number of rotatable bonds is 26. The van der Waals surface area contributed by atoms with Crippen molar-refractivity contribution in [1.82, 2.24) is 35.3 Å². The summed E-state index contributed by atoms with van der Waals surface area (Å²) < 4.78 is 72.0. The van der Waals surface area contributed by atoms with Crippen molar-refractivity contribution < 1.29 is 70.0 Å². The van der Waals surface area contributed by atoms with Crippen LogP contribution in [0.3, 0.4) is 0 Å². The van der Waals surface area contributed by atoms with E-state index >= 15 is 0 Å². The fourth-order valence-corrected chi connectivity index (χ4v) is 6.52. The molecule has 0 saturated carbocycles. The maximum Gasteiger partial charge on any atom is 0.405 e. The van der Waals surface area contributed by atoms with Gasteiger partial charge in [0.15, 0.2) is 11.4 Å². The number of nitrogens with zero attached hydrogens (tertiary/aromatic N) is 5. The summed E-state index contributed by atoms with van der Waals surface area (Å²) in [6.45, 7) is 2.21. The van der Waals surface area contributed by atoms with Crippen molar-refractivity contribution in [3.63, 3.8) is 0 Å². The largest absolute Gasteiger partial charge is 0.444 e. The monoisotopic (exact) mass is 928 g/mol. The van der Waals surface area contributed by atoms with Gasteiger partial charge in [-0.25, -0.2) is 9.97 Å². The number of aromatic nitrogens is 4. The Kier molecular flexibility index (Phi) is 17.3. The van der Waals surface area contributed by atoms with Crippen LogP contribution in [0.2, 0.25) is 0 Å². The van der Waals surface area contributed by atoms with E-state index in [1.165, 1.54) is 35.3 Å². The predicted molar refractivity (Wildman–Crippen MR) is 223 cm³/mol.